The lowest BCUT2D eigenvalue weighted by atomic mass is 10.2. The van der Waals surface area contributed by atoms with Crippen LogP contribution in [-0.2, 0) is 10.8 Å². The summed E-state index contributed by atoms with van der Waals surface area (Å²) in [6.07, 6.45) is 2.46. The van der Waals surface area contributed by atoms with Gasteiger partial charge < -0.3 is 5.11 Å². The van der Waals surface area contributed by atoms with E-state index in [0.29, 0.717) is 5.69 Å². The van der Waals surface area contributed by atoms with Crippen LogP contribution in [0.2, 0.25) is 0 Å². The molecule has 3 nitrogen and oxygen atoms in total. The molecular weight excluding hydrogens is 174 g/mol. The van der Waals surface area contributed by atoms with Gasteiger partial charge in [-0.25, -0.2) is 0 Å². The number of hydrogen-bond acceptors (Lipinski definition) is 3. The Labute approximate surface area is 73.9 Å². The van der Waals surface area contributed by atoms with Gasteiger partial charge in [-0.05, 0) is 12.1 Å². The van der Waals surface area contributed by atoms with Crippen molar-refractivity contribution in [1.82, 2.24) is 4.98 Å². The summed E-state index contributed by atoms with van der Waals surface area (Å²) in [7, 11) is -0.986. The van der Waals surface area contributed by atoms with Gasteiger partial charge in [0.2, 0.25) is 0 Å². The van der Waals surface area contributed by atoms with Crippen molar-refractivity contribution in [2.24, 2.45) is 0 Å². The first-order valence-electron chi connectivity index (χ1n) is 3.59. The Morgan fingerprint density at radius 1 is 1.67 bits per heavy atom. The van der Waals surface area contributed by atoms with Crippen molar-refractivity contribution >= 4 is 10.8 Å². The van der Waals surface area contributed by atoms with Crippen LogP contribution in [0.25, 0.3) is 0 Å². The van der Waals surface area contributed by atoms with Gasteiger partial charge in [-0.1, -0.05) is 6.07 Å². The molecule has 1 aromatic rings. The zero-order chi connectivity index (χ0) is 8.97. The van der Waals surface area contributed by atoms with Crippen LogP contribution in [0.5, 0.6) is 0 Å². The van der Waals surface area contributed by atoms with Gasteiger partial charge in [-0.15, -0.1) is 0 Å². The molecule has 1 rings (SSSR count). The van der Waals surface area contributed by atoms with E-state index in [1.807, 2.05) is 0 Å². The van der Waals surface area contributed by atoms with Crippen molar-refractivity contribution in [3.63, 3.8) is 0 Å². The Bertz CT molecular complexity index is 263. The van der Waals surface area contributed by atoms with Gasteiger partial charge in [0.25, 0.3) is 0 Å². The first kappa shape index (κ1) is 9.35. The highest BCUT2D eigenvalue weighted by atomic mass is 32.2. The molecule has 0 aliphatic rings. The standard InChI is InChI=1S/C8H11NO2S/c1-12(11)6-8(10)7-4-2-3-5-9-7/h2-5,8,10H,6H2,1H3. The maximum Gasteiger partial charge on any atom is 0.107 e. The van der Waals surface area contributed by atoms with Crippen molar-refractivity contribution in [2.45, 2.75) is 6.10 Å². The third-order valence-electron chi connectivity index (χ3n) is 1.42. The summed E-state index contributed by atoms with van der Waals surface area (Å²) in [6.45, 7) is 0. The van der Waals surface area contributed by atoms with Crippen LogP contribution in [0.3, 0.4) is 0 Å². The third kappa shape index (κ3) is 2.71. The number of hydrogen-bond donors (Lipinski definition) is 1. The number of nitrogens with zero attached hydrogens (tertiary/aromatic N) is 1. The van der Waals surface area contributed by atoms with Gasteiger partial charge in [0, 0.05) is 23.3 Å². The minimum absolute atomic E-state index is 0.247. The van der Waals surface area contributed by atoms with E-state index in [-0.39, 0.29) is 5.75 Å². The lowest BCUT2D eigenvalue weighted by molar-refractivity contribution is 0.198. The summed E-state index contributed by atoms with van der Waals surface area (Å²) in [5, 5.41) is 9.44. The number of aliphatic hydroxyl groups excluding tert-OH is 1. The van der Waals surface area contributed by atoms with E-state index in [9.17, 15) is 9.32 Å². The second kappa shape index (κ2) is 4.33. The third-order valence-corrected chi connectivity index (χ3v) is 2.21. The summed E-state index contributed by atoms with van der Waals surface area (Å²) >= 11 is 0. The topological polar surface area (TPSA) is 50.2 Å². The molecule has 12 heavy (non-hydrogen) atoms. The zero-order valence-electron chi connectivity index (χ0n) is 6.80. The van der Waals surface area contributed by atoms with Crippen LogP contribution < -0.4 is 0 Å². The van der Waals surface area contributed by atoms with Gasteiger partial charge in [0.15, 0.2) is 0 Å². The monoisotopic (exact) mass is 185 g/mol. The molecule has 0 fully saturated rings. The first-order valence-corrected chi connectivity index (χ1v) is 5.32. The Balaban J connectivity index is 2.65. The molecule has 0 amide bonds. The summed E-state index contributed by atoms with van der Waals surface area (Å²) < 4.78 is 10.8. The SMILES string of the molecule is CS(=O)CC(O)c1ccccn1. The fourth-order valence-electron chi connectivity index (χ4n) is 0.881. The van der Waals surface area contributed by atoms with Gasteiger partial charge >= 0.3 is 0 Å². The number of pyridine rings is 1. The Morgan fingerprint density at radius 2 is 2.42 bits per heavy atom. The molecule has 1 heterocycles. The molecule has 0 aliphatic heterocycles. The zero-order valence-corrected chi connectivity index (χ0v) is 7.62. The lowest BCUT2D eigenvalue weighted by Crippen LogP contribution is -2.08. The summed E-state index contributed by atoms with van der Waals surface area (Å²) in [4.78, 5) is 3.95. The summed E-state index contributed by atoms with van der Waals surface area (Å²) in [6, 6.07) is 5.29. The molecule has 4 heteroatoms. The lowest BCUT2D eigenvalue weighted by Gasteiger charge is -2.06. The molecule has 0 saturated carbocycles. The molecule has 0 spiro atoms. The second-order valence-corrected chi connectivity index (χ2v) is 3.99. The average Bonchev–Trinajstić information content (AvgIpc) is 2.05. The average molecular weight is 185 g/mol. The molecule has 0 radical (unpaired) electrons. The smallest absolute Gasteiger partial charge is 0.107 e. The quantitative estimate of drug-likeness (QED) is 0.745. The van der Waals surface area contributed by atoms with E-state index in [2.05, 4.69) is 4.98 Å². The van der Waals surface area contributed by atoms with Crippen molar-refractivity contribution in [1.29, 1.82) is 0 Å². The van der Waals surface area contributed by atoms with E-state index < -0.39 is 16.9 Å². The molecule has 2 atom stereocenters. The van der Waals surface area contributed by atoms with E-state index in [1.165, 1.54) is 0 Å². The number of aromatic nitrogens is 1. The predicted molar refractivity (Wildman–Crippen MR) is 48.1 cm³/mol. The van der Waals surface area contributed by atoms with Crippen LogP contribution in [0.1, 0.15) is 11.8 Å². The number of rotatable bonds is 3. The summed E-state index contributed by atoms with van der Waals surface area (Å²) in [5.41, 5.74) is 0.577. The molecule has 0 bridgehead atoms. The maximum absolute atomic E-state index is 10.8. The molecule has 66 valence electrons. The highest BCUT2D eigenvalue weighted by Gasteiger charge is 2.09. The molecular formula is C8H11NO2S. The Kier molecular flexibility index (Phi) is 3.37. The van der Waals surface area contributed by atoms with E-state index >= 15 is 0 Å². The number of aliphatic hydroxyl groups is 1. The molecule has 2 unspecified atom stereocenters. The molecule has 0 saturated heterocycles. The van der Waals surface area contributed by atoms with Crippen molar-refractivity contribution in [3.8, 4) is 0 Å². The van der Waals surface area contributed by atoms with E-state index in [0.717, 1.165) is 0 Å². The molecule has 0 aromatic carbocycles. The normalized spacial score (nSPS) is 15.5. The second-order valence-electron chi connectivity index (χ2n) is 2.51. The Morgan fingerprint density at radius 3 is 2.92 bits per heavy atom. The van der Waals surface area contributed by atoms with Gasteiger partial charge in [-0.2, -0.15) is 0 Å². The van der Waals surface area contributed by atoms with Crippen LogP contribution in [0, 0.1) is 0 Å². The fourth-order valence-corrected chi connectivity index (χ4v) is 1.50. The summed E-state index contributed by atoms with van der Waals surface area (Å²) in [5.74, 6) is 0.247. The molecule has 0 aliphatic carbocycles. The van der Waals surface area contributed by atoms with Crippen LogP contribution in [0.15, 0.2) is 24.4 Å². The highest BCUT2D eigenvalue weighted by Crippen LogP contribution is 2.08. The van der Waals surface area contributed by atoms with Gasteiger partial charge in [-0.3, -0.25) is 9.19 Å². The largest absolute Gasteiger partial charge is 0.386 e. The van der Waals surface area contributed by atoms with Crippen molar-refractivity contribution in [2.75, 3.05) is 12.0 Å². The van der Waals surface area contributed by atoms with Gasteiger partial charge in [0.05, 0.1) is 11.4 Å². The van der Waals surface area contributed by atoms with E-state index in [4.69, 9.17) is 0 Å². The van der Waals surface area contributed by atoms with Gasteiger partial charge in [0.1, 0.15) is 6.10 Å². The minimum Gasteiger partial charge on any atom is -0.386 e. The van der Waals surface area contributed by atoms with Crippen molar-refractivity contribution < 1.29 is 9.32 Å². The first-order chi connectivity index (χ1) is 5.70. The minimum atomic E-state index is -0.986. The van der Waals surface area contributed by atoms with Crippen LogP contribution in [-0.4, -0.2) is 26.3 Å². The van der Waals surface area contributed by atoms with Crippen LogP contribution in [0.4, 0.5) is 0 Å². The predicted octanol–water partition coefficient (Wildman–Crippen LogP) is 0.493. The fraction of sp³-hybridized carbons (Fsp3) is 0.375. The van der Waals surface area contributed by atoms with Crippen LogP contribution >= 0.6 is 0 Å². The molecule has 1 aromatic heterocycles. The molecule has 1 N–H and O–H groups in total. The van der Waals surface area contributed by atoms with Crippen molar-refractivity contribution in [3.05, 3.63) is 30.1 Å². The maximum atomic E-state index is 10.8. The highest BCUT2D eigenvalue weighted by molar-refractivity contribution is 7.84. The van der Waals surface area contributed by atoms with E-state index in [1.54, 1.807) is 30.7 Å². The Hall–Kier alpha value is -0.740.